The smallest absolute Gasteiger partial charge is 0.339 e. The molecule has 32 heavy (non-hydrogen) atoms. The lowest BCUT2D eigenvalue weighted by Crippen LogP contribution is -2.38. The summed E-state index contributed by atoms with van der Waals surface area (Å²) < 4.78 is 38.8. The van der Waals surface area contributed by atoms with E-state index in [9.17, 15) is 18.0 Å². The van der Waals surface area contributed by atoms with Crippen LogP contribution < -0.4 is 10.1 Å². The number of cyclic esters (lactones) is 1. The minimum absolute atomic E-state index is 0.0186. The molecule has 4 rings (SSSR count). The van der Waals surface area contributed by atoms with Crippen molar-refractivity contribution in [1.29, 1.82) is 0 Å². The largest absolute Gasteiger partial charge is 0.492 e. The summed E-state index contributed by atoms with van der Waals surface area (Å²) in [5, 5.41) is 2.69. The van der Waals surface area contributed by atoms with E-state index in [0.717, 1.165) is 24.8 Å². The minimum atomic E-state index is -3.78. The van der Waals surface area contributed by atoms with E-state index in [1.54, 1.807) is 37.3 Å². The number of nitrogens with zero attached hydrogens (tertiary/aromatic N) is 1. The van der Waals surface area contributed by atoms with Crippen LogP contribution in [-0.4, -0.2) is 50.4 Å². The average Bonchev–Trinajstić information content (AvgIpc) is 2.80. The number of nitrogens with one attached hydrogen (secondary N) is 1. The van der Waals surface area contributed by atoms with Gasteiger partial charge in [0, 0.05) is 25.2 Å². The van der Waals surface area contributed by atoms with Crippen LogP contribution in [0.3, 0.4) is 0 Å². The summed E-state index contributed by atoms with van der Waals surface area (Å²) in [4.78, 5) is 25.1. The Morgan fingerprint density at radius 1 is 1.16 bits per heavy atom. The van der Waals surface area contributed by atoms with E-state index in [0.29, 0.717) is 30.9 Å². The standard InChI is InChI=1S/C23H26N2O6S/c1-2-30-19-11-10-17(15-21(19)32(28,29)25-12-6-3-7-13-25)24-22(26)20-14-16-8-4-5-9-18(16)23(27)31-20/h4-5,8-11,15,20H,2-3,6-7,12-14H2,1H3,(H,24,26). The second kappa shape index (κ2) is 9.30. The van der Waals surface area contributed by atoms with Crippen molar-refractivity contribution >= 4 is 27.6 Å². The van der Waals surface area contributed by atoms with Crippen molar-refractivity contribution in [2.45, 2.75) is 43.6 Å². The van der Waals surface area contributed by atoms with E-state index >= 15 is 0 Å². The molecule has 1 N–H and O–H groups in total. The summed E-state index contributed by atoms with van der Waals surface area (Å²) >= 11 is 0. The second-order valence-electron chi connectivity index (χ2n) is 7.80. The van der Waals surface area contributed by atoms with E-state index < -0.39 is 28.0 Å². The first kappa shape index (κ1) is 22.3. The molecule has 2 aromatic rings. The van der Waals surface area contributed by atoms with Crippen molar-refractivity contribution < 1.29 is 27.5 Å². The van der Waals surface area contributed by atoms with Gasteiger partial charge >= 0.3 is 5.97 Å². The molecular weight excluding hydrogens is 432 g/mol. The fourth-order valence-electron chi connectivity index (χ4n) is 4.01. The maximum absolute atomic E-state index is 13.3. The number of benzene rings is 2. The molecule has 0 bridgehead atoms. The van der Waals surface area contributed by atoms with Gasteiger partial charge in [-0.05, 0) is 49.6 Å². The first-order chi connectivity index (χ1) is 15.4. The number of ether oxygens (including phenoxy) is 2. The second-order valence-corrected chi connectivity index (χ2v) is 9.71. The van der Waals surface area contributed by atoms with Crippen LogP contribution in [0, 0.1) is 0 Å². The van der Waals surface area contributed by atoms with E-state index in [-0.39, 0.29) is 17.1 Å². The predicted molar refractivity (Wildman–Crippen MR) is 118 cm³/mol. The summed E-state index contributed by atoms with van der Waals surface area (Å²) in [6.45, 7) is 3.01. The maximum Gasteiger partial charge on any atom is 0.339 e. The molecule has 1 saturated heterocycles. The average molecular weight is 459 g/mol. The molecule has 1 atom stereocenters. The highest BCUT2D eigenvalue weighted by Gasteiger charge is 2.32. The number of esters is 1. The lowest BCUT2D eigenvalue weighted by atomic mass is 9.98. The van der Waals surface area contributed by atoms with Gasteiger partial charge in [0.15, 0.2) is 6.10 Å². The monoisotopic (exact) mass is 458 g/mol. The van der Waals surface area contributed by atoms with Crippen LogP contribution in [0.2, 0.25) is 0 Å². The zero-order valence-electron chi connectivity index (χ0n) is 17.9. The molecule has 0 saturated carbocycles. The third-order valence-corrected chi connectivity index (χ3v) is 7.55. The first-order valence-corrected chi connectivity index (χ1v) is 12.2. The maximum atomic E-state index is 13.3. The Morgan fingerprint density at radius 3 is 2.66 bits per heavy atom. The van der Waals surface area contributed by atoms with Crippen molar-refractivity contribution in [3.63, 3.8) is 0 Å². The molecule has 2 aliphatic rings. The van der Waals surface area contributed by atoms with Crippen LogP contribution in [0.25, 0.3) is 0 Å². The lowest BCUT2D eigenvalue weighted by molar-refractivity contribution is -0.125. The highest BCUT2D eigenvalue weighted by atomic mass is 32.2. The zero-order chi connectivity index (χ0) is 22.7. The number of carbonyl (C=O) groups excluding carboxylic acids is 2. The Bertz CT molecular complexity index is 1130. The number of amides is 1. The van der Waals surface area contributed by atoms with Gasteiger partial charge in [-0.15, -0.1) is 0 Å². The molecule has 0 aromatic heterocycles. The predicted octanol–water partition coefficient (Wildman–Crippen LogP) is 2.98. The Kier molecular flexibility index (Phi) is 6.48. The van der Waals surface area contributed by atoms with Crippen LogP contribution in [0.5, 0.6) is 5.75 Å². The quantitative estimate of drug-likeness (QED) is 0.668. The minimum Gasteiger partial charge on any atom is -0.492 e. The molecule has 9 heteroatoms. The molecule has 2 heterocycles. The van der Waals surface area contributed by atoms with E-state index in [2.05, 4.69) is 5.32 Å². The van der Waals surface area contributed by atoms with Crippen molar-refractivity contribution in [2.75, 3.05) is 25.0 Å². The highest BCUT2D eigenvalue weighted by molar-refractivity contribution is 7.89. The van der Waals surface area contributed by atoms with Crippen molar-refractivity contribution in [2.24, 2.45) is 0 Å². The van der Waals surface area contributed by atoms with Crippen LogP contribution in [0.15, 0.2) is 47.4 Å². The molecule has 170 valence electrons. The van der Waals surface area contributed by atoms with E-state index in [4.69, 9.17) is 9.47 Å². The van der Waals surface area contributed by atoms with Crippen molar-refractivity contribution in [3.8, 4) is 5.75 Å². The normalized spacial score (nSPS) is 19.0. The molecule has 0 spiro atoms. The lowest BCUT2D eigenvalue weighted by Gasteiger charge is -2.27. The van der Waals surface area contributed by atoms with Gasteiger partial charge in [-0.25, -0.2) is 13.2 Å². The van der Waals surface area contributed by atoms with Crippen LogP contribution in [-0.2, 0) is 26.0 Å². The number of fused-ring (bicyclic) bond motifs is 1. The molecule has 1 unspecified atom stereocenters. The Balaban J connectivity index is 1.57. The zero-order valence-corrected chi connectivity index (χ0v) is 18.7. The van der Waals surface area contributed by atoms with Crippen molar-refractivity contribution in [3.05, 3.63) is 53.6 Å². The Hall–Kier alpha value is -2.91. The molecule has 0 radical (unpaired) electrons. The van der Waals surface area contributed by atoms with Gasteiger partial charge in [0.05, 0.1) is 12.2 Å². The van der Waals surface area contributed by atoms with Gasteiger partial charge in [0.2, 0.25) is 10.0 Å². The van der Waals surface area contributed by atoms with Gasteiger partial charge in [0.25, 0.3) is 5.91 Å². The van der Waals surface area contributed by atoms with Gasteiger partial charge in [-0.3, -0.25) is 4.79 Å². The number of piperidine rings is 1. The van der Waals surface area contributed by atoms with Crippen LogP contribution in [0.1, 0.15) is 42.1 Å². The van der Waals surface area contributed by atoms with Gasteiger partial charge in [-0.2, -0.15) is 4.31 Å². The highest BCUT2D eigenvalue weighted by Crippen LogP contribution is 2.32. The number of carbonyl (C=O) groups is 2. The molecule has 1 fully saturated rings. The van der Waals surface area contributed by atoms with Crippen LogP contribution in [0.4, 0.5) is 5.69 Å². The first-order valence-electron chi connectivity index (χ1n) is 10.8. The molecule has 2 aromatic carbocycles. The third kappa shape index (κ3) is 4.49. The van der Waals surface area contributed by atoms with Gasteiger partial charge in [0.1, 0.15) is 10.6 Å². The summed E-state index contributed by atoms with van der Waals surface area (Å²) in [6.07, 6.45) is 1.89. The Morgan fingerprint density at radius 2 is 1.91 bits per heavy atom. The molecule has 2 aliphatic heterocycles. The molecule has 0 aliphatic carbocycles. The number of hydrogen-bond acceptors (Lipinski definition) is 6. The number of anilines is 1. The summed E-state index contributed by atoms with van der Waals surface area (Å²) in [5.74, 6) is -0.820. The fourth-order valence-corrected chi connectivity index (χ4v) is 5.68. The van der Waals surface area contributed by atoms with E-state index in [1.165, 1.54) is 16.4 Å². The number of hydrogen-bond donors (Lipinski definition) is 1. The third-order valence-electron chi connectivity index (χ3n) is 5.63. The van der Waals surface area contributed by atoms with Crippen molar-refractivity contribution in [1.82, 2.24) is 4.31 Å². The van der Waals surface area contributed by atoms with Crippen LogP contribution >= 0.6 is 0 Å². The summed E-state index contributed by atoms with van der Waals surface area (Å²) in [5.41, 5.74) is 1.49. The Labute approximate surface area is 187 Å². The SMILES string of the molecule is CCOc1ccc(NC(=O)C2Cc3ccccc3C(=O)O2)cc1S(=O)(=O)N1CCCCC1. The van der Waals surface area contributed by atoms with Gasteiger partial charge in [-0.1, -0.05) is 24.6 Å². The summed E-state index contributed by atoms with van der Waals surface area (Å²) in [6, 6.07) is 11.5. The molecule has 8 nitrogen and oxygen atoms in total. The van der Waals surface area contributed by atoms with Gasteiger partial charge < -0.3 is 14.8 Å². The molecule has 1 amide bonds. The fraction of sp³-hybridized carbons (Fsp3) is 0.391. The summed E-state index contributed by atoms with van der Waals surface area (Å²) in [7, 11) is -3.78. The molecular formula is C23H26N2O6S. The van der Waals surface area contributed by atoms with E-state index in [1.807, 2.05) is 0 Å². The number of rotatable bonds is 6. The topological polar surface area (TPSA) is 102 Å². The number of sulfonamides is 1.